The molecule has 0 aromatic heterocycles. The van der Waals surface area contributed by atoms with Gasteiger partial charge in [-0.3, -0.25) is 4.79 Å². The first-order chi connectivity index (χ1) is 13.0. The highest BCUT2D eigenvalue weighted by Gasteiger charge is 2.51. The van der Waals surface area contributed by atoms with Crippen LogP contribution >= 0.6 is 0 Å². The van der Waals surface area contributed by atoms with Gasteiger partial charge in [0.2, 0.25) is 0 Å². The Kier molecular flexibility index (Phi) is 4.84. The van der Waals surface area contributed by atoms with Crippen molar-refractivity contribution in [2.75, 3.05) is 32.7 Å². The Morgan fingerprint density at radius 1 is 1.22 bits per heavy atom. The van der Waals surface area contributed by atoms with Gasteiger partial charge in [-0.05, 0) is 50.3 Å². The summed E-state index contributed by atoms with van der Waals surface area (Å²) in [6.45, 7) is 7.92. The second-order valence-electron chi connectivity index (χ2n) is 8.26. The maximum absolute atomic E-state index is 13.1. The van der Waals surface area contributed by atoms with Gasteiger partial charge in [-0.1, -0.05) is 18.2 Å². The van der Waals surface area contributed by atoms with Crippen LogP contribution in [-0.4, -0.2) is 55.2 Å². The molecule has 0 saturated carbocycles. The Labute approximate surface area is 160 Å². The van der Waals surface area contributed by atoms with Crippen molar-refractivity contribution in [2.24, 2.45) is 11.8 Å². The van der Waals surface area contributed by atoms with Gasteiger partial charge in [0.1, 0.15) is 5.60 Å². The second kappa shape index (κ2) is 7.15. The van der Waals surface area contributed by atoms with E-state index in [4.69, 9.17) is 4.74 Å². The molecular weight excluding hydrogens is 342 g/mol. The molecule has 2 atom stereocenters. The molecule has 0 radical (unpaired) electrons. The van der Waals surface area contributed by atoms with Crippen molar-refractivity contribution in [1.82, 2.24) is 15.5 Å². The van der Waals surface area contributed by atoms with Crippen LogP contribution in [0.2, 0.25) is 0 Å². The first kappa shape index (κ1) is 18.3. The Hall–Kier alpha value is -2.08. The van der Waals surface area contributed by atoms with Crippen molar-refractivity contribution in [1.29, 1.82) is 0 Å². The molecule has 3 saturated heterocycles. The largest absolute Gasteiger partial charge is 0.441 e. The zero-order chi connectivity index (χ0) is 19.0. The molecule has 4 rings (SSSR count). The summed E-state index contributed by atoms with van der Waals surface area (Å²) in [5.41, 5.74) is 2.56. The van der Waals surface area contributed by atoms with Crippen LogP contribution in [0.4, 0.5) is 4.79 Å². The lowest BCUT2D eigenvalue weighted by molar-refractivity contribution is -0.0478. The predicted octanol–water partition coefficient (Wildman–Crippen LogP) is 2.24. The van der Waals surface area contributed by atoms with Gasteiger partial charge < -0.3 is 20.3 Å². The average molecular weight is 371 g/mol. The zero-order valence-electron chi connectivity index (χ0n) is 16.2. The molecule has 3 aliphatic rings. The molecule has 2 unspecified atom stereocenters. The fourth-order valence-corrected chi connectivity index (χ4v) is 5.16. The van der Waals surface area contributed by atoms with Crippen LogP contribution in [0.25, 0.3) is 0 Å². The third-order valence-electron chi connectivity index (χ3n) is 6.68. The number of piperidine rings is 2. The van der Waals surface area contributed by atoms with E-state index in [0.717, 1.165) is 62.1 Å². The number of carbonyl (C=O) groups is 2. The van der Waals surface area contributed by atoms with E-state index in [0.29, 0.717) is 18.4 Å². The number of hydrogen-bond donors (Lipinski definition) is 2. The standard InChI is InChI=1S/C21H29N3O3/c1-14-4-3-5-15(2)18(14)19(25)24-10-6-16(7-11-24)17-12-22-9-8-21(17)13-23-20(26)27-21/h3-5,16-17,22H,6-13H2,1-2H3,(H,23,26). The molecule has 6 nitrogen and oxygen atoms in total. The summed E-state index contributed by atoms with van der Waals surface area (Å²) in [5, 5.41) is 6.33. The van der Waals surface area contributed by atoms with Crippen LogP contribution in [0, 0.1) is 25.7 Å². The highest BCUT2D eigenvalue weighted by molar-refractivity contribution is 5.97. The van der Waals surface area contributed by atoms with Crippen molar-refractivity contribution in [3.05, 3.63) is 34.9 Å². The summed E-state index contributed by atoms with van der Waals surface area (Å²) in [7, 11) is 0. The minimum absolute atomic E-state index is 0.148. The van der Waals surface area contributed by atoms with Gasteiger partial charge >= 0.3 is 6.09 Å². The molecule has 3 aliphatic heterocycles. The van der Waals surface area contributed by atoms with Crippen molar-refractivity contribution in [3.63, 3.8) is 0 Å². The van der Waals surface area contributed by atoms with Gasteiger partial charge in [0.15, 0.2) is 0 Å². The van der Waals surface area contributed by atoms with Crippen LogP contribution < -0.4 is 10.6 Å². The van der Waals surface area contributed by atoms with Crippen molar-refractivity contribution in [3.8, 4) is 0 Å². The van der Waals surface area contributed by atoms with Gasteiger partial charge in [0.05, 0.1) is 6.54 Å². The number of alkyl carbamates (subject to hydrolysis) is 1. The van der Waals surface area contributed by atoms with Crippen molar-refractivity contribution in [2.45, 2.75) is 38.7 Å². The van der Waals surface area contributed by atoms with E-state index in [2.05, 4.69) is 10.6 Å². The van der Waals surface area contributed by atoms with E-state index in [9.17, 15) is 9.59 Å². The third-order valence-corrected chi connectivity index (χ3v) is 6.68. The molecule has 27 heavy (non-hydrogen) atoms. The molecular formula is C21H29N3O3. The van der Waals surface area contributed by atoms with Gasteiger partial charge in [-0.2, -0.15) is 0 Å². The van der Waals surface area contributed by atoms with Gasteiger partial charge in [0, 0.05) is 37.5 Å². The molecule has 0 bridgehead atoms. The Bertz CT molecular complexity index is 722. The average Bonchev–Trinajstić information content (AvgIpc) is 3.03. The van der Waals surface area contributed by atoms with E-state index in [1.165, 1.54) is 0 Å². The van der Waals surface area contributed by atoms with E-state index in [1.807, 2.05) is 36.9 Å². The fourth-order valence-electron chi connectivity index (χ4n) is 5.16. The molecule has 1 spiro atoms. The number of rotatable bonds is 2. The topological polar surface area (TPSA) is 70.7 Å². The summed E-state index contributed by atoms with van der Waals surface area (Å²) < 4.78 is 5.76. The number of benzene rings is 1. The second-order valence-corrected chi connectivity index (χ2v) is 8.26. The summed E-state index contributed by atoms with van der Waals surface area (Å²) in [6, 6.07) is 6.01. The summed E-state index contributed by atoms with van der Waals surface area (Å²) in [5.74, 6) is 0.921. The normalized spacial score (nSPS) is 28.9. The number of carbonyl (C=O) groups excluding carboxylic acids is 2. The maximum Gasteiger partial charge on any atom is 0.407 e. The van der Waals surface area contributed by atoms with Crippen LogP contribution in [0.5, 0.6) is 0 Å². The van der Waals surface area contributed by atoms with Crippen molar-refractivity contribution >= 4 is 12.0 Å². The van der Waals surface area contributed by atoms with Gasteiger partial charge in [-0.25, -0.2) is 4.79 Å². The monoisotopic (exact) mass is 371 g/mol. The molecule has 3 fully saturated rings. The molecule has 1 aromatic carbocycles. The van der Waals surface area contributed by atoms with Gasteiger partial charge in [0.25, 0.3) is 5.91 Å². The number of aryl methyl sites for hydroxylation is 2. The summed E-state index contributed by atoms with van der Waals surface area (Å²) in [6.07, 6.45) is 2.49. The molecule has 2 N–H and O–H groups in total. The minimum atomic E-state index is -0.369. The number of nitrogens with zero attached hydrogens (tertiary/aromatic N) is 1. The fraction of sp³-hybridized carbons (Fsp3) is 0.619. The number of nitrogens with one attached hydrogen (secondary N) is 2. The lowest BCUT2D eigenvalue weighted by atomic mass is 9.71. The highest BCUT2D eigenvalue weighted by Crippen LogP contribution is 2.40. The number of likely N-dealkylation sites (tertiary alicyclic amines) is 1. The predicted molar refractivity (Wildman–Crippen MR) is 103 cm³/mol. The summed E-state index contributed by atoms with van der Waals surface area (Å²) in [4.78, 5) is 26.7. The van der Waals surface area contributed by atoms with Crippen LogP contribution in [0.15, 0.2) is 18.2 Å². The van der Waals surface area contributed by atoms with Crippen LogP contribution in [0.3, 0.4) is 0 Å². The SMILES string of the molecule is Cc1cccc(C)c1C(=O)N1CCC(C2CNCCC23CNC(=O)O3)CC1. The molecule has 146 valence electrons. The van der Waals surface area contributed by atoms with E-state index >= 15 is 0 Å². The maximum atomic E-state index is 13.1. The molecule has 0 aliphatic carbocycles. The van der Waals surface area contributed by atoms with Crippen molar-refractivity contribution < 1.29 is 14.3 Å². The third kappa shape index (κ3) is 3.31. The zero-order valence-corrected chi connectivity index (χ0v) is 16.2. The quantitative estimate of drug-likeness (QED) is 0.837. The van der Waals surface area contributed by atoms with E-state index in [-0.39, 0.29) is 17.6 Å². The molecule has 6 heteroatoms. The highest BCUT2D eigenvalue weighted by atomic mass is 16.6. The number of ether oxygens (including phenoxy) is 1. The lowest BCUT2D eigenvalue weighted by Gasteiger charge is -2.46. The summed E-state index contributed by atoms with van der Waals surface area (Å²) >= 11 is 0. The first-order valence-electron chi connectivity index (χ1n) is 10.0. The first-order valence-corrected chi connectivity index (χ1v) is 10.0. The molecule has 2 amide bonds. The molecule has 1 aromatic rings. The minimum Gasteiger partial charge on any atom is -0.441 e. The Morgan fingerprint density at radius 2 is 1.93 bits per heavy atom. The molecule has 3 heterocycles. The van der Waals surface area contributed by atoms with Gasteiger partial charge in [-0.15, -0.1) is 0 Å². The van der Waals surface area contributed by atoms with Crippen LogP contribution in [-0.2, 0) is 4.74 Å². The van der Waals surface area contributed by atoms with Crippen LogP contribution in [0.1, 0.15) is 40.7 Å². The van der Waals surface area contributed by atoms with E-state index < -0.39 is 0 Å². The smallest absolute Gasteiger partial charge is 0.407 e. The lowest BCUT2D eigenvalue weighted by Crippen LogP contribution is -2.56. The van der Waals surface area contributed by atoms with E-state index in [1.54, 1.807) is 0 Å². The Morgan fingerprint density at radius 3 is 2.56 bits per heavy atom. The number of hydrogen-bond acceptors (Lipinski definition) is 4. The number of amides is 2. The Balaban J connectivity index is 1.44.